The molecule has 2 aromatic carbocycles. The molecule has 0 unspecified atom stereocenters. The van der Waals surface area contributed by atoms with Gasteiger partial charge in [-0.3, -0.25) is 9.36 Å². The summed E-state index contributed by atoms with van der Waals surface area (Å²) in [4.78, 5) is 26.1. The topological polar surface area (TPSA) is 149 Å². The summed E-state index contributed by atoms with van der Waals surface area (Å²) in [7, 11) is 0. The molecule has 0 fully saturated rings. The van der Waals surface area contributed by atoms with Crippen molar-refractivity contribution in [2.24, 2.45) is 0 Å². The van der Waals surface area contributed by atoms with Crippen molar-refractivity contribution in [3.8, 4) is 11.8 Å². The van der Waals surface area contributed by atoms with Crippen molar-refractivity contribution >= 4 is 40.1 Å². The smallest absolute Gasteiger partial charge is 0.267 e. The first-order chi connectivity index (χ1) is 15.7. The largest absolute Gasteiger partial charge is 0.382 e. The zero-order chi connectivity index (χ0) is 23.9. The van der Waals surface area contributed by atoms with Gasteiger partial charge in [-0.05, 0) is 43.7 Å². The van der Waals surface area contributed by atoms with E-state index in [1.165, 1.54) is 16.7 Å². The maximum atomic E-state index is 14.2. The van der Waals surface area contributed by atoms with Gasteiger partial charge in [0.05, 0.1) is 27.7 Å². The Morgan fingerprint density at radius 2 is 1.97 bits per heavy atom. The van der Waals surface area contributed by atoms with Gasteiger partial charge in [-0.1, -0.05) is 23.7 Å². The Morgan fingerprint density at radius 3 is 2.70 bits per heavy atom. The highest BCUT2D eigenvalue weighted by Gasteiger charge is 2.22. The van der Waals surface area contributed by atoms with Gasteiger partial charge in [0, 0.05) is 0 Å². The minimum Gasteiger partial charge on any atom is -0.382 e. The van der Waals surface area contributed by atoms with E-state index in [0.29, 0.717) is 16.8 Å². The molecule has 0 aliphatic carbocycles. The average Bonchev–Trinajstić information content (AvgIpc) is 2.75. The quantitative estimate of drug-likeness (QED) is 0.415. The van der Waals surface area contributed by atoms with Crippen LogP contribution in [0, 0.1) is 24.1 Å². The van der Waals surface area contributed by atoms with Gasteiger partial charge in [-0.2, -0.15) is 15.2 Å². The minimum absolute atomic E-state index is 0.00397. The summed E-state index contributed by atoms with van der Waals surface area (Å²) >= 11 is 6.31. The normalized spacial score (nSPS) is 11.8. The first-order valence-electron chi connectivity index (χ1n) is 9.78. The van der Waals surface area contributed by atoms with Gasteiger partial charge in [-0.15, -0.1) is 0 Å². The Bertz CT molecular complexity index is 1510. The van der Waals surface area contributed by atoms with Crippen molar-refractivity contribution in [1.82, 2.24) is 19.5 Å². The second-order valence-corrected chi connectivity index (χ2v) is 7.75. The van der Waals surface area contributed by atoms with Crippen LogP contribution in [0.4, 0.5) is 22.0 Å². The number of nitrogens with one attached hydrogen (secondary N) is 1. The highest BCUT2D eigenvalue weighted by atomic mass is 35.5. The maximum absolute atomic E-state index is 14.2. The van der Waals surface area contributed by atoms with Crippen LogP contribution in [0.2, 0.25) is 5.02 Å². The number of nitriles is 1. The third-order valence-corrected chi connectivity index (χ3v) is 5.41. The van der Waals surface area contributed by atoms with Crippen molar-refractivity contribution in [2.45, 2.75) is 19.9 Å². The SMILES string of the molecule is Cc1ccc(F)cc1-n1c([C@H](C)Nc2nc(N)nc(N)c2C#N)nc2cccc(Cl)c2c1=O. The number of hydrogen-bond acceptors (Lipinski definition) is 8. The molecule has 9 nitrogen and oxygen atoms in total. The first kappa shape index (κ1) is 22.0. The Kier molecular flexibility index (Phi) is 5.57. The van der Waals surface area contributed by atoms with E-state index in [9.17, 15) is 14.4 Å². The van der Waals surface area contributed by atoms with Crippen LogP contribution in [0.5, 0.6) is 0 Å². The number of fused-ring (bicyclic) bond motifs is 1. The molecule has 166 valence electrons. The zero-order valence-electron chi connectivity index (χ0n) is 17.6. The van der Waals surface area contributed by atoms with Crippen LogP contribution in [0.1, 0.15) is 29.9 Å². The predicted molar refractivity (Wildman–Crippen MR) is 125 cm³/mol. The highest BCUT2D eigenvalue weighted by Crippen LogP contribution is 2.27. The summed E-state index contributed by atoms with van der Waals surface area (Å²) in [5.41, 5.74) is 12.3. The number of hydrogen-bond donors (Lipinski definition) is 3. The van der Waals surface area contributed by atoms with E-state index in [1.54, 1.807) is 38.1 Å². The highest BCUT2D eigenvalue weighted by molar-refractivity contribution is 6.35. The lowest BCUT2D eigenvalue weighted by Crippen LogP contribution is -2.28. The number of halogens is 2. The van der Waals surface area contributed by atoms with E-state index in [4.69, 9.17) is 23.1 Å². The second kappa shape index (κ2) is 8.37. The van der Waals surface area contributed by atoms with Gasteiger partial charge >= 0.3 is 0 Å². The summed E-state index contributed by atoms with van der Waals surface area (Å²) in [6.07, 6.45) is 0. The van der Waals surface area contributed by atoms with Gasteiger partial charge in [0.25, 0.3) is 5.56 Å². The molecule has 4 rings (SSSR count). The van der Waals surface area contributed by atoms with E-state index in [0.717, 1.165) is 0 Å². The summed E-state index contributed by atoms with van der Waals surface area (Å²) < 4.78 is 15.5. The number of anilines is 3. The third-order valence-electron chi connectivity index (χ3n) is 5.09. The van der Waals surface area contributed by atoms with Gasteiger partial charge in [-0.25, -0.2) is 9.37 Å². The van der Waals surface area contributed by atoms with Crippen LogP contribution in [0.3, 0.4) is 0 Å². The predicted octanol–water partition coefficient (Wildman–Crippen LogP) is 3.49. The maximum Gasteiger partial charge on any atom is 0.267 e. The standard InChI is InChI=1S/C22H18ClFN8O/c1-10-6-7-12(24)8-16(10)32-20(29-15-5-3-4-14(23)17(15)21(32)33)11(2)28-19-13(9-25)18(26)30-22(27)31-19/h3-8,11H,1-2H3,(H5,26,27,28,30,31)/t11-/m0/s1. The monoisotopic (exact) mass is 464 g/mol. The third kappa shape index (κ3) is 3.90. The lowest BCUT2D eigenvalue weighted by molar-refractivity contribution is 0.624. The molecule has 0 radical (unpaired) electrons. The van der Waals surface area contributed by atoms with Crippen LogP contribution in [-0.4, -0.2) is 19.5 Å². The molecule has 5 N–H and O–H groups in total. The molecule has 0 saturated carbocycles. The molecule has 33 heavy (non-hydrogen) atoms. The molecule has 2 heterocycles. The number of aromatic nitrogens is 4. The Morgan fingerprint density at radius 1 is 1.21 bits per heavy atom. The summed E-state index contributed by atoms with van der Waals surface area (Å²) in [5.74, 6) is -0.411. The molecule has 0 aliphatic heterocycles. The number of nitrogen functional groups attached to an aromatic ring is 2. The van der Waals surface area contributed by atoms with Crippen LogP contribution in [-0.2, 0) is 0 Å². The van der Waals surface area contributed by atoms with Crippen LogP contribution >= 0.6 is 11.6 Å². The van der Waals surface area contributed by atoms with E-state index in [2.05, 4.69) is 20.3 Å². The fraction of sp³-hybridized carbons (Fsp3) is 0.136. The molecule has 11 heteroatoms. The zero-order valence-corrected chi connectivity index (χ0v) is 18.4. The summed E-state index contributed by atoms with van der Waals surface area (Å²) in [5, 5.41) is 12.9. The van der Waals surface area contributed by atoms with Crippen molar-refractivity contribution in [3.05, 3.63) is 74.5 Å². The van der Waals surface area contributed by atoms with Gasteiger partial charge in [0.2, 0.25) is 5.95 Å². The van der Waals surface area contributed by atoms with Crippen molar-refractivity contribution < 1.29 is 4.39 Å². The van der Waals surface area contributed by atoms with Gasteiger partial charge in [0.1, 0.15) is 29.1 Å². The molecular formula is C22H18ClFN8O. The number of nitrogens with two attached hydrogens (primary N) is 2. The molecule has 2 aromatic heterocycles. The molecular weight excluding hydrogens is 447 g/mol. The lowest BCUT2D eigenvalue weighted by Gasteiger charge is -2.22. The van der Waals surface area contributed by atoms with E-state index < -0.39 is 17.4 Å². The summed E-state index contributed by atoms with van der Waals surface area (Å²) in [6.45, 7) is 3.46. The van der Waals surface area contributed by atoms with Crippen molar-refractivity contribution in [2.75, 3.05) is 16.8 Å². The molecule has 1 atom stereocenters. The van der Waals surface area contributed by atoms with E-state index in [1.807, 2.05) is 6.07 Å². The lowest BCUT2D eigenvalue weighted by atomic mass is 10.1. The molecule has 0 spiro atoms. The fourth-order valence-electron chi connectivity index (χ4n) is 3.53. The number of nitrogens with zero attached hydrogens (tertiary/aromatic N) is 5. The second-order valence-electron chi connectivity index (χ2n) is 7.34. The van der Waals surface area contributed by atoms with Crippen LogP contribution in [0.25, 0.3) is 16.6 Å². The fourth-order valence-corrected chi connectivity index (χ4v) is 3.78. The number of benzene rings is 2. The van der Waals surface area contributed by atoms with Gasteiger partial charge in [0.15, 0.2) is 5.82 Å². The molecule has 0 saturated heterocycles. The Labute approximate surface area is 192 Å². The molecule has 0 amide bonds. The number of rotatable bonds is 4. The Hall–Kier alpha value is -4.23. The molecule has 0 bridgehead atoms. The van der Waals surface area contributed by atoms with Crippen molar-refractivity contribution in [3.63, 3.8) is 0 Å². The average molecular weight is 465 g/mol. The van der Waals surface area contributed by atoms with Crippen LogP contribution in [0.15, 0.2) is 41.2 Å². The van der Waals surface area contributed by atoms with Gasteiger partial charge < -0.3 is 16.8 Å². The van der Waals surface area contributed by atoms with Crippen molar-refractivity contribution in [1.29, 1.82) is 5.26 Å². The number of aryl methyl sites for hydroxylation is 1. The van der Waals surface area contributed by atoms with Crippen LogP contribution < -0.4 is 22.3 Å². The minimum atomic E-state index is -0.690. The summed E-state index contributed by atoms with van der Waals surface area (Å²) in [6, 6.07) is 10.3. The van der Waals surface area contributed by atoms with E-state index in [-0.39, 0.29) is 39.4 Å². The molecule has 0 aliphatic rings. The Balaban J connectivity index is 1.99. The van der Waals surface area contributed by atoms with E-state index >= 15 is 0 Å². The first-order valence-corrected chi connectivity index (χ1v) is 10.2. The molecule has 4 aromatic rings.